The number of unbranched alkanes of at least 4 members (excludes halogenated alkanes) is 1. The number of benzene rings is 1. The molecule has 0 radical (unpaired) electrons. The lowest BCUT2D eigenvalue weighted by molar-refractivity contribution is -0.139. The predicted octanol–water partition coefficient (Wildman–Crippen LogP) is 2.92. The Bertz CT molecular complexity index is 711. The first kappa shape index (κ1) is 25.7. The van der Waals surface area contributed by atoms with E-state index in [9.17, 15) is 18.4 Å². The molecule has 1 aromatic carbocycles. The zero-order valence-electron chi connectivity index (χ0n) is 18.2. The second-order valence-corrected chi connectivity index (χ2v) is 7.65. The van der Waals surface area contributed by atoms with Gasteiger partial charge in [0, 0.05) is 32.1 Å². The van der Waals surface area contributed by atoms with Crippen LogP contribution >= 0.6 is 0 Å². The summed E-state index contributed by atoms with van der Waals surface area (Å²) in [4.78, 5) is 26.6. The first-order valence-corrected chi connectivity index (χ1v) is 10.8. The number of rotatable bonds is 13. The van der Waals surface area contributed by atoms with Gasteiger partial charge in [0.05, 0.1) is 13.3 Å². The van der Waals surface area contributed by atoms with Crippen molar-refractivity contribution in [2.45, 2.75) is 50.7 Å². The van der Waals surface area contributed by atoms with Crippen LogP contribution in [-0.2, 0) is 20.9 Å². The van der Waals surface area contributed by atoms with Crippen molar-refractivity contribution >= 4 is 18.2 Å². The fourth-order valence-corrected chi connectivity index (χ4v) is 3.30. The third-order valence-electron chi connectivity index (χ3n) is 5.11. The van der Waals surface area contributed by atoms with Crippen molar-refractivity contribution in [1.29, 1.82) is 5.41 Å². The molecule has 0 unspecified atom stereocenters. The molecule has 0 bridgehead atoms. The van der Waals surface area contributed by atoms with E-state index in [0.717, 1.165) is 18.2 Å². The third kappa shape index (κ3) is 9.69. The summed E-state index contributed by atoms with van der Waals surface area (Å²) in [6.07, 6.45) is 1.44. The number of ether oxygens (including phenoxy) is 2. The number of likely N-dealkylation sites (tertiary alicyclic amines) is 1. The van der Waals surface area contributed by atoms with E-state index in [1.165, 1.54) is 4.90 Å². The van der Waals surface area contributed by atoms with Gasteiger partial charge in [-0.1, -0.05) is 30.3 Å². The van der Waals surface area contributed by atoms with Gasteiger partial charge in [0.25, 0.3) is 5.92 Å². The molecular formula is C22H32F2N4O4. The number of carbonyl (C=O) groups excluding carboxylic acids is 2. The summed E-state index contributed by atoms with van der Waals surface area (Å²) in [6, 6.07) is 8.33. The third-order valence-corrected chi connectivity index (χ3v) is 5.11. The van der Waals surface area contributed by atoms with Crippen molar-refractivity contribution in [2.75, 3.05) is 33.0 Å². The molecule has 0 aromatic heterocycles. The van der Waals surface area contributed by atoms with Gasteiger partial charge in [0.1, 0.15) is 12.6 Å². The van der Waals surface area contributed by atoms with E-state index in [0.29, 0.717) is 26.1 Å². The summed E-state index contributed by atoms with van der Waals surface area (Å²) in [5.74, 6) is -3.11. The fraction of sp³-hybridized carbons (Fsp3) is 0.591. The summed E-state index contributed by atoms with van der Waals surface area (Å²) in [7, 11) is 0. The van der Waals surface area contributed by atoms with E-state index >= 15 is 0 Å². The number of nitrogens with one attached hydrogen (secondary N) is 3. The number of alkyl carbamates (subject to hydrolysis) is 1. The van der Waals surface area contributed by atoms with Crippen molar-refractivity contribution in [3.05, 3.63) is 35.9 Å². The van der Waals surface area contributed by atoms with Crippen molar-refractivity contribution in [2.24, 2.45) is 0 Å². The lowest BCUT2D eigenvalue weighted by atomic mass is 10.0. The molecule has 0 spiro atoms. The SMILES string of the molecule is N=CCOCNCCCC[C@H](NC(=O)OCc1ccccc1)C(=O)N1CCC(F)(F)CC1. The molecule has 1 fully saturated rings. The van der Waals surface area contributed by atoms with Gasteiger partial charge in [-0.2, -0.15) is 0 Å². The van der Waals surface area contributed by atoms with Crippen LogP contribution in [0, 0.1) is 5.41 Å². The van der Waals surface area contributed by atoms with Gasteiger partial charge >= 0.3 is 6.09 Å². The van der Waals surface area contributed by atoms with Crippen LogP contribution in [0.5, 0.6) is 0 Å². The molecule has 2 rings (SSSR count). The molecule has 2 amide bonds. The number of hydrogen-bond acceptors (Lipinski definition) is 6. The van der Waals surface area contributed by atoms with Crippen LogP contribution in [0.2, 0.25) is 0 Å². The molecule has 1 aliphatic rings. The van der Waals surface area contributed by atoms with Crippen LogP contribution in [0.1, 0.15) is 37.7 Å². The fourth-order valence-electron chi connectivity index (χ4n) is 3.30. The molecule has 8 nitrogen and oxygen atoms in total. The zero-order valence-corrected chi connectivity index (χ0v) is 18.2. The highest BCUT2D eigenvalue weighted by molar-refractivity contribution is 5.85. The number of carbonyl (C=O) groups is 2. The van der Waals surface area contributed by atoms with Crippen LogP contribution in [-0.4, -0.2) is 68.1 Å². The van der Waals surface area contributed by atoms with E-state index < -0.39 is 18.1 Å². The van der Waals surface area contributed by atoms with Crippen molar-refractivity contribution in [1.82, 2.24) is 15.5 Å². The van der Waals surface area contributed by atoms with E-state index in [1.54, 1.807) is 0 Å². The average Bonchev–Trinajstić information content (AvgIpc) is 2.79. The molecule has 1 saturated heterocycles. The molecule has 10 heteroatoms. The number of piperidine rings is 1. The summed E-state index contributed by atoms with van der Waals surface area (Å²) in [5.41, 5.74) is 0.820. The van der Waals surface area contributed by atoms with Crippen LogP contribution in [0.15, 0.2) is 30.3 Å². The van der Waals surface area contributed by atoms with Crippen molar-refractivity contribution in [3.8, 4) is 0 Å². The Hall–Kier alpha value is -2.59. The second-order valence-electron chi connectivity index (χ2n) is 7.65. The quantitative estimate of drug-likeness (QED) is 0.242. The van der Waals surface area contributed by atoms with Gasteiger partial charge < -0.3 is 25.1 Å². The van der Waals surface area contributed by atoms with Gasteiger partial charge in [-0.3, -0.25) is 10.1 Å². The number of nitrogens with zero attached hydrogens (tertiary/aromatic N) is 1. The van der Waals surface area contributed by atoms with E-state index in [4.69, 9.17) is 14.9 Å². The van der Waals surface area contributed by atoms with Gasteiger partial charge in [-0.05, 0) is 31.4 Å². The Morgan fingerprint density at radius 3 is 2.59 bits per heavy atom. The molecule has 1 atom stereocenters. The topological polar surface area (TPSA) is 104 Å². The van der Waals surface area contributed by atoms with Crippen LogP contribution in [0.3, 0.4) is 0 Å². The molecule has 0 aliphatic carbocycles. The molecule has 3 N–H and O–H groups in total. The van der Waals surface area contributed by atoms with Crippen molar-refractivity contribution in [3.63, 3.8) is 0 Å². The Morgan fingerprint density at radius 1 is 1.19 bits per heavy atom. The minimum Gasteiger partial charge on any atom is -0.445 e. The normalized spacial score (nSPS) is 16.2. The molecule has 0 saturated carbocycles. The van der Waals surface area contributed by atoms with Crippen LogP contribution in [0.4, 0.5) is 13.6 Å². The summed E-state index contributed by atoms with van der Waals surface area (Å²) >= 11 is 0. The minimum absolute atomic E-state index is 0.0327. The van der Waals surface area contributed by atoms with Gasteiger partial charge in [0.15, 0.2) is 0 Å². The highest BCUT2D eigenvalue weighted by Gasteiger charge is 2.37. The largest absolute Gasteiger partial charge is 0.445 e. The lowest BCUT2D eigenvalue weighted by Crippen LogP contribution is -2.52. The molecular weight excluding hydrogens is 422 g/mol. The summed E-state index contributed by atoms with van der Waals surface area (Å²) in [6.45, 7) is 1.22. The highest BCUT2D eigenvalue weighted by atomic mass is 19.3. The van der Waals surface area contributed by atoms with Crippen molar-refractivity contribution < 1.29 is 27.8 Å². The van der Waals surface area contributed by atoms with Crippen LogP contribution < -0.4 is 10.6 Å². The standard InChI is InChI=1S/C22H32F2N4O4/c23-22(24)9-13-28(14-10-22)20(29)19(8-4-5-12-26-17-31-15-11-25)27-21(30)32-16-18-6-2-1-3-7-18/h1-3,6-7,11,19,25-26H,4-5,8-10,12-17H2,(H,27,30)/t19-/m0/s1. The van der Waals surface area contributed by atoms with E-state index in [1.807, 2.05) is 30.3 Å². The first-order chi connectivity index (χ1) is 15.4. The molecule has 1 aromatic rings. The lowest BCUT2D eigenvalue weighted by Gasteiger charge is -2.34. The number of halogens is 2. The molecule has 1 heterocycles. The number of amides is 2. The highest BCUT2D eigenvalue weighted by Crippen LogP contribution is 2.28. The zero-order chi connectivity index (χ0) is 23.2. The maximum atomic E-state index is 13.5. The van der Waals surface area contributed by atoms with E-state index in [-0.39, 0.29) is 45.1 Å². The Morgan fingerprint density at radius 2 is 1.91 bits per heavy atom. The monoisotopic (exact) mass is 454 g/mol. The minimum atomic E-state index is -2.75. The molecule has 178 valence electrons. The molecule has 1 aliphatic heterocycles. The Balaban J connectivity index is 1.83. The van der Waals surface area contributed by atoms with E-state index in [2.05, 4.69) is 10.6 Å². The Kier molecular flexibility index (Phi) is 11.0. The van der Waals surface area contributed by atoms with Gasteiger partial charge in [-0.25, -0.2) is 13.6 Å². The van der Waals surface area contributed by atoms with Gasteiger partial charge in [-0.15, -0.1) is 0 Å². The first-order valence-electron chi connectivity index (χ1n) is 10.8. The summed E-state index contributed by atoms with van der Waals surface area (Å²) < 4.78 is 37.2. The Labute approximate surface area is 187 Å². The number of hydrogen-bond donors (Lipinski definition) is 3. The second kappa shape index (κ2) is 13.7. The molecule has 32 heavy (non-hydrogen) atoms. The average molecular weight is 455 g/mol. The smallest absolute Gasteiger partial charge is 0.408 e. The maximum absolute atomic E-state index is 13.5. The van der Waals surface area contributed by atoms with Crippen LogP contribution in [0.25, 0.3) is 0 Å². The van der Waals surface area contributed by atoms with Gasteiger partial charge in [0.2, 0.25) is 5.91 Å². The number of alkyl halides is 2. The predicted molar refractivity (Wildman–Crippen MR) is 116 cm³/mol. The maximum Gasteiger partial charge on any atom is 0.408 e. The summed E-state index contributed by atoms with van der Waals surface area (Å²) in [5, 5.41) is 12.5.